The lowest BCUT2D eigenvalue weighted by atomic mass is 9.99. The van der Waals surface area contributed by atoms with Crippen molar-refractivity contribution in [3.05, 3.63) is 58.7 Å². The quantitative estimate of drug-likeness (QED) is 0.534. The lowest BCUT2D eigenvalue weighted by Crippen LogP contribution is -2.30. The van der Waals surface area contributed by atoms with E-state index >= 15 is 0 Å². The van der Waals surface area contributed by atoms with Crippen molar-refractivity contribution in [3.8, 4) is 5.75 Å². The number of anilines is 1. The SMILES string of the molecule is COc1ccc(C)cc1NC(=O)[C@H](C)OC(=O)CCC(=O)c1cc(C)ccc1C. The zero-order chi connectivity index (χ0) is 21.6. The summed E-state index contributed by atoms with van der Waals surface area (Å²) >= 11 is 0. The highest BCUT2D eigenvalue weighted by Crippen LogP contribution is 2.25. The molecule has 154 valence electrons. The van der Waals surface area contributed by atoms with Gasteiger partial charge in [0.15, 0.2) is 11.9 Å². The summed E-state index contributed by atoms with van der Waals surface area (Å²) in [6, 6.07) is 11.0. The first-order valence-electron chi connectivity index (χ1n) is 9.46. The highest BCUT2D eigenvalue weighted by atomic mass is 16.5. The second kappa shape index (κ2) is 9.87. The lowest BCUT2D eigenvalue weighted by Gasteiger charge is -2.15. The van der Waals surface area contributed by atoms with Gasteiger partial charge in [-0.2, -0.15) is 0 Å². The molecule has 0 saturated heterocycles. The van der Waals surface area contributed by atoms with E-state index in [1.807, 2.05) is 45.0 Å². The molecule has 0 unspecified atom stereocenters. The van der Waals surface area contributed by atoms with Gasteiger partial charge >= 0.3 is 5.97 Å². The van der Waals surface area contributed by atoms with E-state index in [0.29, 0.717) is 17.0 Å². The molecule has 0 aromatic heterocycles. The molecule has 29 heavy (non-hydrogen) atoms. The van der Waals surface area contributed by atoms with E-state index in [9.17, 15) is 14.4 Å². The van der Waals surface area contributed by atoms with E-state index in [4.69, 9.17) is 9.47 Å². The summed E-state index contributed by atoms with van der Waals surface area (Å²) in [5.41, 5.74) is 3.92. The summed E-state index contributed by atoms with van der Waals surface area (Å²) in [7, 11) is 1.51. The molecule has 0 fully saturated rings. The molecule has 0 aliphatic heterocycles. The summed E-state index contributed by atoms with van der Waals surface area (Å²) < 4.78 is 10.4. The second-order valence-electron chi connectivity index (χ2n) is 7.07. The van der Waals surface area contributed by atoms with E-state index in [2.05, 4.69) is 5.32 Å². The Morgan fingerprint density at radius 3 is 2.31 bits per heavy atom. The fraction of sp³-hybridized carbons (Fsp3) is 0.348. The van der Waals surface area contributed by atoms with Crippen LogP contribution in [0, 0.1) is 20.8 Å². The minimum absolute atomic E-state index is 0.0309. The Morgan fingerprint density at radius 2 is 1.62 bits per heavy atom. The van der Waals surface area contributed by atoms with Gasteiger partial charge in [0.25, 0.3) is 5.91 Å². The number of hydrogen-bond acceptors (Lipinski definition) is 5. The van der Waals surface area contributed by atoms with E-state index in [1.54, 1.807) is 12.1 Å². The number of esters is 1. The summed E-state index contributed by atoms with van der Waals surface area (Å²) in [6.45, 7) is 7.15. The minimum atomic E-state index is -0.997. The van der Waals surface area contributed by atoms with Crippen LogP contribution in [0.2, 0.25) is 0 Å². The summed E-state index contributed by atoms with van der Waals surface area (Å²) in [5.74, 6) is -0.669. The van der Waals surface area contributed by atoms with Crippen LogP contribution in [0.4, 0.5) is 5.69 Å². The lowest BCUT2D eigenvalue weighted by molar-refractivity contribution is -0.153. The molecule has 0 aliphatic rings. The molecule has 0 saturated carbocycles. The van der Waals surface area contributed by atoms with Crippen molar-refractivity contribution in [2.75, 3.05) is 12.4 Å². The average Bonchev–Trinajstić information content (AvgIpc) is 2.68. The van der Waals surface area contributed by atoms with Crippen molar-refractivity contribution in [2.24, 2.45) is 0 Å². The minimum Gasteiger partial charge on any atom is -0.495 e. The standard InChI is InChI=1S/C23H27NO5/c1-14-6-8-16(3)18(12-14)20(25)9-11-22(26)29-17(4)23(27)24-19-13-15(2)7-10-21(19)28-5/h6-8,10,12-13,17H,9,11H2,1-5H3,(H,24,27)/t17-/m0/s1. The van der Waals surface area contributed by atoms with Gasteiger partial charge in [-0.1, -0.05) is 23.8 Å². The molecule has 1 amide bonds. The number of hydrogen-bond donors (Lipinski definition) is 1. The number of carbonyl (C=O) groups is 3. The topological polar surface area (TPSA) is 81.7 Å². The molecule has 2 aromatic carbocycles. The van der Waals surface area contributed by atoms with Crippen molar-refractivity contribution in [3.63, 3.8) is 0 Å². The Labute approximate surface area is 171 Å². The van der Waals surface area contributed by atoms with Gasteiger partial charge in [-0.25, -0.2) is 0 Å². The third kappa shape index (κ3) is 6.17. The number of nitrogens with one attached hydrogen (secondary N) is 1. The number of ketones is 1. The Hall–Kier alpha value is -3.15. The molecule has 1 atom stereocenters. The number of amides is 1. The van der Waals surface area contributed by atoms with Crippen molar-refractivity contribution >= 4 is 23.3 Å². The molecule has 0 heterocycles. The van der Waals surface area contributed by atoms with E-state index in [0.717, 1.165) is 16.7 Å². The average molecular weight is 397 g/mol. The normalized spacial score (nSPS) is 11.5. The molecule has 0 bridgehead atoms. The number of methoxy groups -OCH3 is 1. The third-order valence-corrected chi connectivity index (χ3v) is 4.54. The molecule has 2 aromatic rings. The number of Topliss-reactive ketones (excluding diaryl/α,β-unsaturated/α-hetero) is 1. The van der Waals surface area contributed by atoms with Crippen molar-refractivity contribution in [1.82, 2.24) is 0 Å². The fourth-order valence-electron chi connectivity index (χ4n) is 2.85. The highest BCUT2D eigenvalue weighted by molar-refractivity contribution is 5.99. The van der Waals surface area contributed by atoms with Crippen molar-refractivity contribution in [1.29, 1.82) is 0 Å². The van der Waals surface area contributed by atoms with E-state index in [1.165, 1.54) is 14.0 Å². The van der Waals surface area contributed by atoms with Crippen molar-refractivity contribution < 1.29 is 23.9 Å². The maximum atomic E-state index is 12.4. The number of rotatable bonds is 8. The molecular weight excluding hydrogens is 370 g/mol. The first kappa shape index (κ1) is 22.1. The predicted octanol–water partition coefficient (Wildman–Crippen LogP) is 4.15. The highest BCUT2D eigenvalue weighted by Gasteiger charge is 2.20. The number of benzene rings is 2. The smallest absolute Gasteiger partial charge is 0.307 e. The van der Waals surface area contributed by atoms with Gasteiger partial charge in [0, 0.05) is 12.0 Å². The van der Waals surface area contributed by atoms with E-state index in [-0.39, 0.29) is 18.6 Å². The summed E-state index contributed by atoms with van der Waals surface area (Å²) in [4.78, 5) is 36.8. The van der Waals surface area contributed by atoms with Crippen LogP contribution in [-0.2, 0) is 14.3 Å². The molecular formula is C23H27NO5. The zero-order valence-corrected chi connectivity index (χ0v) is 17.5. The van der Waals surface area contributed by atoms with E-state index < -0.39 is 18.0 Å². The van der Waals surface area contributed by atoms with Crippen LogP contribution in [-0.4, -0.2) is 30.9 Å². The Balaban J connectivity index is 1.90. The summed E-state index contributed by atoms with van der Waals surface area (Å²) in [5, 5.41) is 2.70. The van der Waals surface area contributed by atoms with Crippen LogP contribution in [0.1, 0.15) is 46.8 Å². The first-order valence-corrected chi connectivity index (χ1v) is 9.46. The summed E-state index contributed by atoms with van der Waals surface area (Å²) in [6.07, 6.45) is -1.05. The van der Waals surface area contributed by atoms with Gasteiger partial charge in [-0.05, 0) is 57.0 Å². The maximum Gasteiger partial charge on any atom is 0.307 e. The Morgan fingerprint density at radius 1 is 0.966 bits per heavy atom. The van der Waals surface area contributed by atoms with Crippen LogP contribution in [0.3, 0.4) is 0 Å². The number of aryl methyl sites for hydroxylation is 3. The van der Waals surface area contributed by atoms with Crippen LogP contribution in [0.25, 0.3) is 0 Å². The van der Waals surface area contributed by atoms with Gasteiger partial charge < -0.3 is 14.8 Å². The molecule has 2 rings (SSSR count). The second-order valence-corrected chi connectivity index (χ2v) is 7.07. The van der Waals surface area contributed by atoms with Crippen molar-refractivity contribution in [2.45, 2.75) is 46.6 Å². The fourth-order valence-corrected chi connectivity index (χ4v) is 2.85. The van der Waals surface area contributed by atoms with Crippen LogP contribution >= 0.6 is 0 Å². The third-order valence-electron chi connectivity index (χ3n) is 4.54. The van der Waals surface area contributed by atoms with Crippen LogP contribution in [0.15, 0.2) is 36.4 Å². The molecule has 0 spiro atoms. The molecule has 6 heteroatoms. The van der Waals surface area contributed by atoms with Crippen LogP contribution in [0.5, 0.6) is 5.75 Å². The molecule has 1 N–H and O–H groups in total. The Bertz CT molecular complexity index is 919. The van der Waals surface area contributed by atoms with Crippen LogP contribution < -0.4 is 10.1 Å². The molecule has 6 nitrogen and oxygen atoms in total. The molecule has 0 radical (unpaired) electrons. The monoisotopic (exact) mass is 397 g/mol. The number of ether oxygens (including phenoxy) is 2. The van der Waals surface area contributed by atoms with Gasteiger partial charge in [-0.15, -0.1) is 0 Å². The largest absolute Gasteiger partial charge is 0.495 e. The molecule has 0 aliphatic carbocycles. The maximum absolute atomic E-state index is 12.4. The predicted molar refractivity (Wildman–Crippen MR) is 111 cm³/mol. The number of carbonyl (C=O) groups excluding carboxylic acids is 3. The van der Waals surface area contributed by atoms with Gasteiger partial charge in [0.1, 0.15) is 5.75 Å². The van der Waals surface area contributed by atoms with Gasteiger partial charge in [0.2, 0.25) is 0 Å². The Kier molecular flexibility index (Phi) is 7.53. The first-order chi connectivity index (χ1) is 13.7. The van der Waals surface area contributed by atoms with Gasteiger partial charge in [0.05, 0.1) is 19.2 Å². The zero-order valence-electron chi connectivity index (χ0n) is 17.5. The van der Waals surface area contributed by atoms with Gasteiger partial charge in [-0.3, -0.25) is 14.4 Å².